The fourth-order valence-electron chi connectivity index (χ4n) is 7.63. The molecule has 2 aromatic carbocycles. The number of hydrogen-bond acceptors (Lipinski definition) is 6. The van der Waals surface area contributed by atoms with Gasteiger partial charge < -0.3 is 19.6 Å². The predicted octanol–water partition coefficient (Wildman–Crippen LogP) is 5.36. The van der Waals surface area contributed by atoms with E-state index in [1.807, 2.05) is 46.7 Å². The Morgan fingerprint density at radius 2 is 1.54 bits per heavy atom. The van der Waals surface area contributed by atoms with Gasteiger partial charge >= 0.3 is 0 Å². The number of carbonyl (C=O) groups is 3. The first kappa shape index (κ1) is 38.2. The SMILES string of the molecule is CCN(C(=O)Cc1ccc(S(=O)(=O)N2CCCCC2)cc1)C1CCN(CCCN(C(=O)C2CCN(C(C)=O)CC2)c2ccc(C)c(Cl)c2)CC1. The first-order valence-corrected chi connectivity index (χ1v) is 20.2. The van der Waals surface area contributed by atoms with Crippen LogP contribution in [0.2, 0.25) is 5.02 Å². The lowest BCUT2D eigenvalue weighted by molar-refractivity contribution is -0.133. The minimum atomic E-state index is -3.50. The van der Waals surface area contributed by atoms with Crippen molar-refractivity contribution in [3.8, 4) is 0 Å². The number of carbonyl (C=O) groups excluding carboxylic acids is 3. The number of piperidine rings is 3. The highest BCUT2D eigenvalue weighted by molar-refractivity contribution is 7.89. The summed E-state index contributed by atoms with van der Waals surface area (Å²) in [6.07, 6.45) is 7.02. The Bertz CT molecular complexity index is 1580. The Hall–Kier alpha value is -2.99. The van der Waals surface area contributed by atoms with Crippen molar-refractivity contribution in [3.63, 3.8) is 0 Å². The van der Waals surface area contributed by atoms with Gasteiger partial charge in [-0.2, -0.15) is 4.31 Å². The molecule has 50 heavy (non-hydrogen) atoms. The topological polar surface area (TPSA) is 102 Å². The first-order chi connectivity index (χ1) is 24.0. The number of amides is 3. The quantitative estimate of drug-likeness (QED) is 0.292. The van der Waals surface area contributed by atoms with Crippen molar-refractivity contribution in [1.29, 1.82) is 0 Å². The van der Waals surface area contributed by atoms with Crippen molar-refractivity contribution in [3.05, 3.63) is 58.6 Å². The molecule has 3 fully saturated rings. The minimum absolute atomic E-state index is 0.0564. The summed E-state index contributed by atoms with van der Waals surface area (Å²) in [6.45, 7) is 11.7. The molecule has 0 N–H and O–H groups in total. The molecular weight excluding hydrogens is 674 g/mol. The second-order valence-corrected chi connectivity index (χ2v) is 16.4. The molecule has 3 amide bonds. The number of benzene rings is 2. The van der Waals surface area contributed by atoms with Crippen LogP contribution in [0.5, 0.6) is 0 Å². The number of likely N-dealkylation sites (N-methyl/N-ethyl adjacent to an activating group) is 1. The van der Waals surface area contributed by atoms with Gasteiger partial charge in [-0.25, -0.2) is 8.42 Å². The molecule has 0 aromatic heterocycles. The molecule has 0 aliphatic carbocycles. The van der Waals surface area contributed by atoms with Crippen LogP contribution >= 0.6 is 11.6 Å². The van der Waals surface area contributed by atoms with E-state index in [4.69, 9.17) is 11.6 Å². The van der Waals surface area contributed by atoms with Crippen molar-refractivity contribution in [2.75, 3.05) is 63.8 Å². The normalized spacial score (nSPS) is 18.6. The molecule has 3 aliphatic heterocycles. The minimum Gasteiger partial charge on any atom is -0.343 e. The summed E-state index contributed by atoms with van der Waals surface area (Å²) in [5.74, 6) is 0.102. The third-order valence-corrected chi connectivity index (χ3v) is 13.1. The molecule has 3 saturated heterocycles. The molecule has 0 bridgehead atoms. The van der Waals surface area contributed by atoms with E-state index in [1.165, 1.54) is 0 Å². The molecule has 10 nitrogen and oxygen atoms in total. The van der Waals surface area contributed by atoms with Crippen molar-refractivity contribution in [2.24, 2.45) is 5.92 Å². The Morgan fingerprint density at radius 1 is 0.880 bits per heavy atom. The fraction of sp³-hybridized carbons (Fsp3) is 0.605. The lowest BCUT2D eigenvalue weighted by Crippen LogP contribution is -2.48. The van der Waals surface area contributed by atoms with Gasteiger partial charge in [-0.3, -0.25) is 14.4 Å². The van der Waals surface area contributed by atoms with E-state index in [2.05, 4.69) is 4.90 Å². The molecule has 5 rings (SSSR count). The lowest BCUT2D eigenvalue weighted by Gasteiger charge is -2.38. The maximum Gasteiger partial charge on any atom is 0.243 e. The van der Waals surface area contributed by atoms with E-state index < -0.39 is 10.0 Å². The Labute approximate surface area is 303 Å². The summed E-state index contributed by atoms with van der Waals surface area (Å²) in [6, 6.07) is 12.8. The number of hydrogen-bond donors (Lipinski definition) is 0. The zero-order chi connectivity index (χ0) is 35.8. The average molecular weight is 728 g/mol. The summed E-state index contributed by atoms with van der Waals surface area (Å²) in [5, 5.41) is 0.640. The number of nitrogens with zero attached hydrogens (tertiary/aromatic N) is 5. The summed E-state index contributed by atoms with van der Waals surface area (Å²) >= 11 is 6.48. The molecule has 0 spiro atoms. The van der Waals surface area contributed by atoms with Gasteiger partial charge in [0.15, 0.2) is 0 Å². The van der Waals surface area contributed by atoms with Crippen LogP contribution in [-0.2, 0) is 30.8 Å². The molecule has 3 heterocycles. The largest absolute Gasteiger partial charge is 0.343 e. The van der Waals surface area contributed by atoms with E-state index in [1.54, 1.807) is 35.5 Å². The van der Waals surface area contributed by atoms with E-state index >= 15 is 0 Å². The standard InChI is InChI=1S/C38H54ClN5O5S/c1-4-43(37(46)27-31-10-13-35(14-11-31)50(48,49)42-20-6-5-7-21-42)33-17-23-40(24-18-33)19-8-22-44(34-12-9-29(2)36(39)28-34)38(47)32-15-25-41(26-16-32)30(3)45/h9-14,28,32-33H,4-8,15-27H2,1-3H3. The van der Waals surface area contributed by atoms with Gasteiger partial charge in [0.2, 0.25) is 27.7 Å². The monoisotopic (exact) mass is 727 g/mol. The van der Waals surface area contributed by atoms with E-state index in [-0.39, 0.29) is 36.1 Å². The second-order valence-electron chi connectivity index (χ2n) is 14.1. The Morgan fingerprint density at radius 3 is 2.14 bits per heavy atom. The highest BCUT2D eigenvalue weighted by atomic mass is 35.5. The highest BCUT2D eigenvalue weighted by Gasteiger charge is 2.32. The molecule has 0 atom stereocenters. The highest BCUT2D eigenvalue weighted by Crippen LogP contribution is 2.28. The smallest absolute Gasteiger partial charge is 0.243 e. The van der Waals surface area contributed by atoms with Crippen LogP contribution in [0.25, 0.3) is 0 Å². The number of anilines is 1. The first-order valence-electron chi connectivity index (χ1n) is 18.4. The van der Waals surface area contributed by atoms with Gasteiger partial charge in [-0.05, 0) is 101 Å². The Kier molecular flexibility index (Phi) is 13.4. The fourth-order valence-corrected chi connectivity index (χ4v) is 9.32. The molecule has 2 aromatic rings. The predicted molar refractivity (Wildman–Crippen MR) is 198 cm³/mol. The van der Waals surface area contributed by atoms with Gasteiger partial charge in [0.05, 0.1) is 11.3 Å². The Balaban J connectivity index is 1.12. The van der Waals surface area contributed by atoms with Crippen LogP contribution in [0.3, 0.4) is 0 Å². The number of halogens is 1. The van der Waals surface area contributed by atoms with Crippen molar-refractivity contribution in [1.82, 2.24) is 19.0 Å². The van der Waals surface area contributed by atoms with Crippen molar-refractivity contribution >= 4 is 45.0 Å². The van der Waals surface area contributed by atoms with Crippen molar-refractivity contribution in [2.45, 2.75) is 89.5 Å². The number of rotatable bonds is 12. The van der Waals surface area contributed by atoms with Gasteiger partial charge in [0, 0.05) is 82.0 Å². The second kappa shape index (κ2) is 17.5. The third-order valence-electron chi connectivity index (χ3n) is 10.8. The summed E-state index contributed by atoms with van der Waals surface area (Å²) in [5.41, 5.74) is 2.60. The third kappa shape index (κ3) is 9.46. The van der Waals surface area contributed by atoms with Gasteiger partial charge in [0.1, 0.15) is 0 Å². The summed E-state index contributed by atoms with van der Waals surface area (Å²) < 4.78 is 27.6. The van der Waals surface area contributed by atoms with Gasteiger partial charge in [-0.1, -0.05) is 36.2 Å². The maximum absolute atomic E-state index is 13.8. The molecule has 274 valence electrons. The van der Waals surface area contributed by atoms with Crippen LogP contribution in [0.1, 0.15) is 76.3 Å². The van der Waals surface area contributed by atoms with Crippen LogP contribution in [0, 0.1) is 12.8 Å². The lowest BCUT2D eigenvalue weighted by atomic mass is 9.94. The maximum atomic E-state index is 13.8. The number of aryl methyl sites for hydroxylation is 1. The van der Waals surface area contributed by atoms with Crippen LogP contribution in [0.15, 0.2) is 47.4 Å². The number of sulfonamides is 1. The molecule has 3 aliphatic rings. The average Bonchev–Trinajstić information content (AvgIpc) is 3.12. The van der Waals surface area contributed by atoms with Crippen molar-refractivity contribution < 1.29 is 22.8 Å². The van der Waals surface area contributed by atoms with Crippen LogP contribution in [-0.4, -0.2) is 110 Å². The van der Waals surface area contributed by atoms with Crippen LogP contribution < -0.4 is 4.90 Å². The zero-order valence-corrected chi connectivity index (χ0v) is 31.6. The summed E-state index contributed by atoms with van der Waals surface area (Å²) in [4.78, 5) is 47.5. The molecule has 0 saturated carbocycles. The zero-order valence-electron chi connectivity index (χ0n) is 30.0. The van der Waals surface area contributed by atoms with E-state index in [0.717, 1.165) is 75.0 Å². The van der Waals surface area contributed by atoms with Gasteiger partial charge in [0.25, 0.3) is 0 Å². The molecule has 12 heteroatoms. The summed E-state index contributed by atoms with van der Waals surface area (Å²) in [7, 11) is -3.50. The number of likely N-dealkylation sites (tertiary alicyclic amines) is 2. The molecular formula is C38H54ClN5O5S. The van der Waals surface area contributed by atoms with E-state index in [0.29, 0.717) is 62.0 Å². The van der Waals surface area contributed by atoms with Crippen LogP contribution in [0.4, 0.5) is 5.69 Å². The molecule has 0 radical (unpaired) electrons. The molecule has 0 unspecified atom stereocenters. The van der Waals surface area contributed by atoms with E-state index in [9.17, 15) is 22.8 Å². The van der Waals surface area contributed by atoms with Gasteiger partial charge in [-0.15, -0.1) is 0 Å².